The van der Waals surface area contributed by atoms with Crippen molar-refractivity contribution in [3.8, 4) is 5.88 Å². The lowest BCUT2D eigenvalue weighted by Gasteiger charge is -2.08. The number of ether oxygens (including phenoxy) is 1. The molecule has 4 nitrogen and oxygen atoms in total. The van der Waals surface area contributed by atoms with Crippen LogP contribution in [0.2, 0.25) is 5.02 Å². The molecule has 0 radical (unpaired) electrons. The molecule has 0 aliphatic carbocycles. The fourth-order valence-corrected chi connectivity index (χ4v) is 1.65. The van der Waals surface area contributed by atoms with Crippen molar-refractivity contribution in [2.75, 3.05) is 11.9 Å². The molecule has 2 aromatic heterocycles. The highest BCUT2D eigenvalue weighted by Crippen LogP contribution is 2.16. The minimum absolute atomic E-state index is 0.617. The lowest BCUT2D eigenvalue weighted by Crippen LogP contribution is -2.01. The molecule has 2 aromatic rings. The van der Waals surface area contributed by atoms with Crippen molar-refractivity contribution in [2.24, 2.45) is 0 Å². The lowest BCUT2D eigenvalue weighted by molar-refractivity contribution is 0.327. The van der Waals surface area contributed by atoms with E-state index in [1.807, 2.05) is 25.1 Å². The molecule has 0 atom stereocenters. The average molecular weight is 264 g/mol. The second-order valence-electron chi connectivity index (χ2n) is 3.64. The third-order valence-electron chi connectivity index (χ3n) is 2.37. The molecule has 2 heterocycles. The third kappa shape index (κ3) is 3.34. The van der Waals surface area contributed by atoms with Gasteiger partial charge >= 0.3 is 0 Å². The molecule has 0 bridgehead atoms. The molecule has 94 valence electrons. The van der Waals surface area contributed by atoms with E-state index >= 15 is 0 Å². The van der Waals surface area contributed by atoms with Gasteiger partial charge in [-0.05, 0) is 24.6 Å². The number of nitrogens with one attached hydrogen (secondary N) is 1. The first kappa shape index (κ1) is 12.6. The highest BCUT2D eigenvalue weighted by Gasteiger charge is 2.00. The van der Waals surface area contributed by atoms with E-state index in [1.165, 1.54) is 0 Å². The van der Waals surface area contributed by atoms with Crippen LogP contribution >= 0.6 is 11.6 Å². The summed E-state index contributed by atoms with van der Waals surface area (Å²) in [6.45, 7) is 3.18. The first-order valence-electron chi connectivity index (χ1n) is 5.70. The van der Waals surface area contributed by atoms with Crippen LogP contribution < -0.4 is 10.1 Å². The first-order chi connectivity index (χ1) is 8.79. The van der Waals surface area contributed by atoms with Gasteiger partial charge in [0.1, 0.15) is 0 Å². The van der Waals surface area contributed by atoms with Crippen LogP contribution in [0, 0.1) is 0 Å². The fraction of sp³-hybridized carbons (Fsp3) is 0.231. The van der Waals surface area contributed by atoms with Crippen molar-refractivity contribution < 1.29 is 4.74 Å². The number of hydrogen-bond donors (Lipinski definition) is 1. The minimum Gasteiger partial charge on any atom is -0.478 e. The maximum atomic E-state index is 6.02. The second-order valence-corrected chi connectivity index (χ2v) is 4.05. The Morgan fingerprint density at radius 2 is 2.17 bits per heavy atom. The van der Waals surface area contributed by atoms with E-state index in [0.29, 0.717) is 24.1 Å². The van der Waals surface area contributed by atoms with E-state index in [9.17, 15) is 0 Å². The van der Waals surface area contributed by atoms with Gasteiger partial charge in [-0.3, -0.25) is 4.98 Å². The largest absolute Gasteiger partial charge is 0.478 e. The van der Waals surface area contributed by atoms with Gasteiger partial charge in [-0.25, -0.2) is 4.98 Å². The van der Waals surface area contributed by atoms with Crippen molar-refractivity contribution in [1.29, 1.82) is 0 Å². The summed E-state index contributed by atoms with van der Waals surface area (Å²) in [6.07, 6.45) is 5.09. The Labute approximate surface area is 111 Å². The van der Waals surface area contributed by atoms with Crippen LogP contribution in [-0.2, 0) is 6.54 Å². The molecular formula is C13H14ClN3O. The summed E-state index contributed by atoms with van der Waals surface area (Å²) in [4.78, 5) is 8.12. The van der Waals surface area contributed by atoms with Crippen LogP contribution in [0.1, 0.15) is 12.5 Å². The van der Waals surface area contributed by atoms with Crippen LogP contribution in [0.5, 0.6) is 5.88 Å². The van der Waals surface area contributed by atoms with E-state index in [0.717, 1.165) is 11.3 Å². The van der Waals surface area contributed by atoms with Gasteiger partial charge in [-0.2, -0.15) is 0 Å². The molecular weight excluding hydrogens is 250 g/mol. The Kier molecular flexibility index (Phi) is 4.36. The lowest BCUT2D eigenvalue weighted by atomic mass is 10.2. The molecule has 0 aliphatic rings. The number of pyridine rings is 2. The molecule has 0 amide bonds. The topological polar surface area (TPSA) is 47.0 Å². The van der Waals surface area contributed by atoms with Crippen molar-refractivity contribution in [3.05, 3.63) is 47.4 Å². The smallest absolute Gasteiger partial charge is 0.213 e. The molecule has 0 saturated carbocycles. The monoisotopic (exact) mass is 263 g/mol. The van der Waals surface area contributed by atoms with Gasteiger partial charge in [0.15, 0.2) is 0 Å². The van der Waals surface area contributed by atoms with Crippen molar-refractivity contribution in [3.63, 3.8) is 0 Å². The number of rotatable bonds is 5. The Hall–Kier alpha value is -1.81. The Balaban J connectivity index is 1.96. The zero-order valence-electron chi connectivity index (χ0n) is 10.1. The summed E-state index contributed by atoms with van der Waals surface area (Å²) in [5.74, 6) is 0.630. The van der Waals surface area contributed by atoms with E-state index in [4.69, 9.17) is 16.3 Å². The molecule has 0 saturated heterocycles. The summed E-state index contributed by atoms with van der Waals surface area (Å²) >= 11 is 6.02. The van der Waals surface area contributed by atoms with Crippen LogP contribution in [0.4, 0.5) is 5.69 Å². The van der Waals surface area contributed by atoms with Gasteiger partial charge in [0.2, 0.25) is 5.88 Å². The maximum absolute atomic E-state index is 6.02. The Morgan fingerprint density at radius 1 is 1.28 bits per heavy atom. The number of anilines is 1. The van der Waals surface area contributed by atoms with Crippen LogP contribution in [0.15, 0.2) is 36.8 Å². The molecule has 18 heavy (non-hydrogen) atoms. The molecule has 0 fully saturated rings. The number of nitrogens with zero attached hydrogens (tertiary/aromatic N) is 2. The Morgan fingerprint density at radius 3 is 2.83 bits per heavy atom. The highest BCUT2D eigenvalue weighted by molar-refractivity contribution is 6.31. The predicted molar refractivity (Wildman–Crippen MR) is 72.0 cm³/mol. The van der Waals surface area contributed by atoms with E-state index < -0.39 is 0 Å². The van der Waals surface area contributed by atoms with Crippen molar-refractivity contribution in [1.82, 2.24) is 9.97 Å². The zero-order valence-corrected chi connectivity index (χ0v) is 10.8. The minimum atomic E-state index is 0.617. The van der Waals surface area contributed by atoms with Crippen molar-refractivity contribution in [2.45, 2.75) is 13.5 Å². The second kappa shape index (κ2) is 6.21. The summed E-state index contributed by atoms with van der Waals surface area (Å²) in [5.41, 5.74) is 1.92. The number of aromatic nitrogens is 2. The summed E-state index contributed by atoms with van der Waals surface area (Å²) in [6, 6.07) is 5.64. The molecule has 2 rings (SSSR count). The van der Waals surface area contributed by atoms with Crippen LogP contribution in [-0.4, -0.2) is 16.6 Å². The van der Waals surface area contributed by atoms with E-state index in [-0.39, 0.29) is 0 Å². The quantitative estimate of drug-likeness (QED) is 0.900. The normalized spacial score (nSPS) is 10.1. The SMILES string of the molecule is CCOc1ccc(NCc2ccncc2Cl)cn1. The zero-order chi connectivity index (χ0) is 12.8. The molecule has 5 heteroatoms. The fourth-order valence-electron chi connectivity index (χ4n) is 1.46. The van der Waals surface area contributed by atoms with Crippen LogP contribution in [0.3, 0.4) is 0 Å². The highest BCUT2D eigenvalue weighted by atomic mass is 35.5. The first-order valence-corrected chi connectivity index (χ1v) is 6.08. The van der Waals surface area contributed by atoms with Gasteiger partial charge in [0, 0.05) is 25.0 Å². The van der Waals surface area contributed by atoms with Gasteiger partial charge in [-0.1, -0.05) is 11.6 Å². The van der Waals surface area contributed by atoms with Crippen LogP contribution in [0.25, 0.3) is 0 Å². The Bertz CT molecular complexity index is 502. The molecule has 0 aliphatic heterocycles. The third-order valence-corrected chi connectivity index (χ3v) is 2.71. The summed E-state index contributed by atoms with van der Waals surface area (Å²) in [5, 5.41) is 3.90. The summed E-state index contributed by atoms with van der Waals surface area (Å²) in [7, 11) is 0. The molecule has 1 N–H and O–H groups in total. The molecule has 0 unspecified atom stereocenters. The maximum Gasteiger partial charge on any atom is 0.213 e. The van der Waals surface area contributed by atoms with E-state index in [2.05, 4.69) is 15.3 Å². The number of hydrogen-bond acceptors (Lipinski definition) is 4. The van der Waals surface area contributed by atoms with Gasteiger partial charge in [-0.15, -0.1) is 0 Å². The van der Waals surface area contributed by atoms with Gasteiger partial charge in [0.05, 0.1) is 23.5 Å². The van der Waals surface area contributed by atoms with Gasteiger partial charge < -0.3 is 10.1 Å². The predicted octanol–water partition coefficient (Wildman–Crippen LogP) is 3.14. The van der Waals surface area contributed by atoms with Crippen molar-refractivity contribution >= 4 is 17.3 Å². The summed E-state index contributed by atoms with van der Waals surface area (Å²) < 4.78 is 5.27. The van der Waals surface area contributed by atoms with E-state index in [1.54, 1.807) is 18.6 Å². The number of halogens is 1. The molecule has 0 spiro atoms. The van der Waals surface area contributed by atoms with Gasteiger partial charge in [0.25, 0.3) is 0 Å². The average Bonchev–Trinajstić information content (AvgIpc) is 2.40. The standard InChI is InChI=1S/C13H14ClN3O/c1-2-18-13-4-3-11(8-17-13)16-7-10-5-6-15-9-12(10)14/h3-6,8-9,16H,2,7H2,1H3. The molecule has 0 aromatic carbocycles.